The standard InChI is InChI=1S/C22H18N2O3S/c1-16-10-12-20(13-11-16)28(25,26)24-19-9-5-8-18(14-19)22-23-21(15-27-22)17-6-3-2-4-7-17/h2-15,24H,1H3. The van der Waals surface area contributed by atoms with Crippen LogP contribution in [0.15, 0.2) is 94.4 Å². The Morgan fingerprint density at radius 1 is 0.857 bits per heavy atom. The van der Waals surface area contributed by atoms with E-state index in [1.165, 1.54) is 0 Å². The number of hydrogen-bond donors (Lipinski definition) is 1. The van der Waals surface area contributed by atoms with E-state index in [4.69, 9.17) is 4.42 Å². The minimum Gasteiger partial charge on any atom is -0.444 e. The highest BCUT2D eigenvalue weighted by molar-refractivity contribution is 7.92. The van der Waals surface area contributed by atoms with Gasteiger partial charge in [-0.05, 0) is 37.3 Å². The van der Waals surface area contributed by atoms with Gasteiger partial charge in [0.1, 0.15) is 12.0 Å². The van der Waals surface area contributed by atoms with Gasteiger partial charge in [0.25, 0.3) is 10.0 Å². The van der Waals surface area contributed by atoms with Crippen LogP contribution in [0, 0.1) is 6.92 Å². The maximum absolute atomic E-state index is 12.6. The SMILES string of the molecule is Cc1ccc(S(=O)(=O)Nc2cccc(-c3nc(-c4ccccc4)co3)c2)cc1. The Morgan fingerprint density at radius 2 is 1.57 bits per heavy atom. The molecule has 4 aromatic rings. The summed E-state index contributed by atoms with van der Waals surface area (Å²) in [6.07, 6.45) is 1.59. The lowest BCUT2D eigenvalue weighted by molar-refractivity contribution is 0.575. The van der Waals surface area contributed by atoms with E-state index in [2.05, 4.69) is 9.71 Å². The molecule has 1 heterocycles. The number of rotatable bonds is 5. The molecule has 0 spiro atoms. The van der Waals surface area contributed by atoms with Crippen molar-refractivity contribution in [2.24, 2.45) is 0 Å². The summed E-state index contributed by atoms with van der Waals surface area (Å²) in [5, 5.41) is 0. The van der Waals surface area contributed by atoms with Gasteiger partial charge in [0.05, 0.1) is 4.90 Å². The first-order valence-corrected chi connectivity index (χ1v) is 10.2. The lowest BCUT2D eigenvalue weighted by Gasteiger charge is -2.09. The molecule has 0 aliphatic heterocycles. The summed E-state index contributed by atoms with van der Waals surface area (Å²) < 4.78 is 33.4. The van der Waals surface area contributed by atoms with Crippen LogP contribution in [0.2, 0.25) is 0 Å². The normalized spacial score (nSPS) is 11.3. The monoisotopic (exact) mass is 390 g/mol. The Hall–Kier alpha value is -3.38. The zero-order chi connectivity index (χ0) is 19.6. The van der Waals surface area contributed by atoms with Crippen molar-refractivity contribution in [2.45, 2.75) is 11.8 Å². The number of sulfonamides is 1. The molecule has 0 radical (unpaired) electrons. The third-order valence-electron chi connectivity index (χ3n) is 4.27. The molecule has 0 unspecified atom stereocenters. The molecule has 6 heteroatoms. The zero-order valence-electron chi connectivity index (χ0n) is 15.2. The van der Waals surface area contributed by atoms with Crippen molar-refractivity contribution in [3.63, 3.8) is 0 Å². The first kappa shape index (κ1) is 18.0. The summed E-state index contributed by atoms with van der Waals surface area (Å²) in [4.78, 5) is 4.73. The predicted octanol–water partition coefficient (Wildman–Crippen LogP) is 5.12. The highest BCUT2D eigenvalue weighted by Crippen LogP contribution is 2.27. The van der Waals surface area contributed by atoms with Gasteiger partial charge in [0, 0.05) is 16.8 Å². The van der Waals surface area contributed by atoms with Crippen molar-refractivity contribution in [2.75, 3.05) is 4.72 Å². The topological polar surface area (TPSA) is 72.2 Å². The average Bonchev–Trinajstić information content (AvgIpc) is 3.19. The number of nitrogens with one attached hydrogen (secondary N) is 1. The van der Waals surface area contributed by atoms with E-state index in [0.717, 1.165) is 16.8 Å². The molecule has 28 heavy (non-hydrogen) atoms. The van der Waals surface area contributed by atoms with Crippen LogP contribution >= 0.6 is 0 Å². The minimum absolute atomic E-state index is 0.214. The molecule has 0 saturated carbocycles. The van der Waals surface area contributed by atoms with Crippen LogP contribution in [0.3, 0.4) is 0 Å². The Labute approximate surface area is 163 Å². The van der Waals surface area contributed by atoms with Gasteiger partial charge in [0.15, 0.2) is 0 Å². The van der Waals surface area contributed by atoms with E-state index in [1.54, 1.807) is 48.7 Å². The number of nitrogens with zero attached hydrogens (tertiary/aromatic N) is 1. The highest BCUT2D eigenvalue weighted by Gasteiger charge is 2.15. The molecule has 0 aliphatic rings. The van der Waals surface area contributed by atoms with Crippen molar-refractivity contribution in [1.29, 1.82) is 0 Å². The molecule has 5 nitrogen and oxygen atoms in total. The van der Waals surface area contributed by atoms with Gasteiger partial charge >= 0.3 is 0 Å². The Kier molecular flexibility index (Phi) is 4.71. The molecule has 0 amide bonds. The van der Waals surface area contributed by atoms with Crippen molar-refractivity contribution in [3.05, 3.63) is 90.7 Å². The maximum Gasteiger partial charge on any atom is 0.261 e. The van der Waals surface area contributed by atoms with Gasteiger partial charge in [-0.1, -0.05) is 54.1 Å². The second kappa shape index (κ2) is 7.32. The molecule has 1 N–H and O–H groups in total. The molecule has 140 valence electrons. The second-order valence-corrected chi connectivity index (χ2v) is 8.09. The van der Waals surface area contributed by atoms with E-state index >= 15 is 0 Å². The zero-order valence-corrected chi connectivity index (χ0v) is 16.0. The van der Waals surface area contributed by atoms with Crippen LogP contribution in [0.4, 0.5) is 5.69 Å². The predicted molar refractivity (Wildman–Crippen MR) is 109 cm³/mol. The fraction of sp³-hybridized carbons (Fsp3) is 0.0455. The molecule has 4 rings (SSSR count). The molecule has 3 aromatic carbocycles. The van der Waals surface area contributed by atoms with E-state index < -0.39 is 10.0 Å². The van der Waals surface area contributed by atoms with Crippen LogP contribution in [-0.4, -0.2) is 13.4 Å². The maximum atomic E-state index is 12.6. The van der Waals surface area contributed by atoms with Crippen LogP contribution in [0.25, 0.3) is 22.7 Å². The van der Waals surface area contributed by atoms with Gasteiger partial charge in [-0.25, -0.2) is 13.4 Å². The van der Waals surface area contributed by atoms with Gasteiger partial charge in [-0.15, -0.1) is 0 Å². The Morgan fingerprint density at radius 3 is 2.32 bits per heavy atom. The van der Waals surface area contributed by atoms with Crippen molar-refractivity contribution in [1.82, 2.24) is 4.98 Å². The molecule has 0 aliphatic carbocycles. The number of aryl methyl sites for hydroxylation is 1. The fourth-order valence-electron chi connectivity index (χ4n) is 2.80. The quantitative estimate of drug-likeness (QED) is 0.513. The summed E-state index contributed by atoms with van der Waals surface area (Å²) >= 11 is 0. The first-order valence-electron chi connectivity index (χ1n) is 8.72. The highest BCUT2D eigenvalue weighted by atomic mass is 32.2. The summed E-state index contributed by atoms with van der Waals surface area (Å²) in [6.45, 7) is 1.91. The summed E-state index contributed by atoms with van der Waals surface area (Å²) in [6, 6.07) is 23.4. The van der Waals surface area contributed by atoms with E-state index in [1.807, 2.05) is 43.3 Å². The Bertz CT molecular complexity index is 1200. The van der Waals surface area contributed by atoms with Gasteiger partial charge in [-0.2, -0.15) is 0 Å². The minimum atomic E-state index is -3.67. The number of benzene rings is 3. The third-order valence-corrected chi connectivity index (χ3v) is 5.66. The van der Waals surface area contributed by atoms with Crippen molar-refractivity contribution < 1.29 is 12.8 Å². The Balaban J connectivity index is 1.60. The average molecular weight is 390 g/mol. The molecule has 1 aromatic heterocycles. The van der Waals surface area contributed by atoms with Crippen LogP contribution in [-0.2, 0) is 10.0 Å². The van der Waals surface area contributed by atoms with Crippen LogP contribution in [0.5, 0.6) is 0 Å². The smallest absolute Gasteiger partial charge is 0.261 e. The lowest BCUT2D eigenvalue weighted by Crippen LogP contribution is -2.12. The molecule has 0 saturated heterocycles. The van der Waals surface area contributed by atoms with Crippen LogP contribution in [0.1, 0.15) is 5.56 Å². The van der Waals surface area contributed by atoms with Crippen molar-refractivity contribution >= 4 is 15.7 Å². The molecule has 0 fully saturated rings. The third kappa shape index (κ3) is 3.82. The summed E-state index contributed by atoms with van der Waals surface area (Å²) in [7, 11) is -3.67. The van der Waals surface area contributed by atoms with Gasteiger partial charge in [-0.3, -0.25) is 4.72 Å². The lowest BCUT2D eigenvalue weighted by atomic mass is 10.2. The molecular weight excluding hydrogens is 372 g/mol. The summed E-state index contributed by atoms with van der Waals surface area (Å²) in [5.74, 6) is 0.426. The second-order valence-electron chi connectivity index (χ2n) is 6.40. The van der Waals surface area contributed by atoms with Crippen LogP contribution < -0.4 is 4.72 Å². The van der Waals surface area contributed by atoms with Gasteiger partial charge < -0.3 is 4.42 Å². The van der Waals surface area contributed by atoms with E-state index in [0.29, 0.717) is 17.1 Å². The van der Waals surface area contributed by atoms with Crippen molar-refractivity contribution in [3.8, 4) is 22.7 Å². The van der Waals surface area contributed by atoms with E-state index in [-0.39, 0.29) is 4.90 Å². The number of hydrogen-bond acceptors (Lipinski definition) is 4. The number of anilines is 1. The number of oxazole rings is 1. The largest absolute Gasteiger partial charge is 0.444 e. The molecular formula is C22H18N2O3S. The summed E-state index contributed by atoms with van der Waals surface area (Å²) in [5.41, 5.74) is 3.80. The fourth-order valence-corrected chi connectivity index (χ4v) is 3.84. The molecule has 0 atom stereocenters. The van der Waals surface area contributed by atoms with Gasteiger partial charge in [0.2, 0.25) is 5.89 Å². The first-order chi connectivity index (χ1) is 13.5. The number of aromatic nitrogens is 1. The molecule has 0 bridgehead atoms. The van der Waals surface area contributed by atoms with E-state index in [9.17, 15) is 8.42 Å².